The maximum Gasteiger partial charge on any atom is 0.269 e. The largest absolute Gasteiger partial charge is 0.454 e. The molecule has 0 saturated heterocycles. The van der Waals surface area contributed by atoms with Crippen LogP contribution in [0.1, 0.15) is 24.2 Å². The van der Waals surface area contributed by atoms with Crippen LogP contribution in [0.2, 0.25) is 0 Å². The molecule has 0 fully saturated rings. The van der Waals surface area contributed by atoms with E-state index in [0.29, 0.717) is 17.1 Å². The molecule has 96 valence electrons. The van der Waals surface area contributed by atoms with Crippen molar-refractivity contribution in [3.8, 4) is 11.5 Å². The van der Waals surface area contributed by atoms with Gasteiger partial charge in [-0.3, -0.25) is 20.4 Å². The lowest BCUT2D eigenvalue weighted by atomic mass is 10.2. The van der Waals surface area contributed by atoms with Crippen molar-refractivity contribution in [2.45, 2.75) is 13.8 Å². The molecule has 0 aliphatic carbocycles. The summed E-state index contributed by atoms with van der Waals surface area (Å²) in [6.45, 7) is 3.63. The zero-order chi connectivity index (χ0) is 13.1. The third-order valence-corrected chi connectivity index (χ3v) is 2.46. The second-order valence-electron chi connectivity index (χ2n) is 4.17. The Kier molecular flexibility index (Phi) is 3.36. The highest BCUT2D eigenvalue weighted by Crippen LogP contribution is 2.32. The second kappa shape index (κ2) is 4.95. The Bertz CT molecular complexity index is 485. The predicted octanol–water partition coefficient (Wildman–Crippen LogP) is 0.832. The summed E-state index contributed by atoms with van der Waals surface area (Å²) in [5, 5.41) is 0. The average molecular weight is 250 g/mol. The molecule has 1 aliphatic heterocycles. The van der Waals surface area contributed by atoms with Gasteiger partial charge >= 0.3 is 0 Å². The molecule has 6 nitrogen and oxygen atoms in total. The summed E-state index contributed by atoms with van der Waals surface area (Å²) in [6, 6.07) is 4.82. The number of benzene rings is 1. The number of carbonyl (C=O) groups excluding carboxylic acids is 2. The fourth-order valence-corrected chi connectivity index (χ4v) is 1.37. The number of rotatable bonds is 2. The highest BCUT2D eigenvalue weighted by molar-refractivity contribution is 5.96. The van der Waals surface area contributed by atoms with E-state index in [0.717, 1.165) is 0 Å². The van der Waals surface area contributed by atoms with Gasteiger partial charge < -0.3 is 9.47 Å². The lowest BCUT2D eigenvalue weighted by Gasteiger charge is -2.09. The summed E-state index contributed by atoms with van der Waals surface area (Å²) in [5.74, 6) is 0.295. The van der Waals surface area contributed by atoms with Gasteiger partial charge in [0.25, 0.3) is 5.91 Å². The first-order valence-electron chi connectivity index (χ1n) is 5.58. The first-order chi connectivity index (χ1) is 8.58. The van der Waals surface area contributed by atoms with Crippen LogP contribution >= 0.6 is 0 Å². The summed E-state index contributed by atoms with van der Waals surface area (Å²) in [4.78, 5) is 23.0. The zero-order valence-corrected chi connectivity index (χ0v) is 10.1. The number of hydrogen-bond donors (Lipinski definition) is 2. The molecule has 2 amide bonds. The van der Waals surface area contributed by atoms with Crippen molar-refractivity contribution in [3.63, 3.8) is 0 Å². The van der Waals surface area contributed by atoms with Crippen LogP contribution in [0.4, 0.5) is 0 Å². The fourth-order valence-electron chi connectivity index (χ4n) is 1.37. The quantitative estimate of drug-likeness (QED) is 0.762. The Balaban J connectivity index is 1.99. The molecule has 0 saturated carbocycles. The summed E-state index contributed by atoms with van der Waals surface area (Å²) >= 11 is 0. The van der Waals surface area contributed by atoms with E-state index in [1.165, 1.54) is 0 Å². The standard InChI is InChI=1S/C12H14N2O4/c1-7(2)11(15)13-14-12(16)8-3-4-9-10(5-8)18-6-17-9/h3-5,7H,6H2,1-2H3,(H,13,15)(H,14,16). The van der Waals surface area contributed by atoms with E-state index < -0.39 is 5.91 Å². The third-order valence-electron chi connectivity index (χ3n) is 2.46. The molecular formula is C12H14N2O4. The molecule has 1 aliphatic rings. The van der Waals surface area contributed by atoms with Gasteiger partial charge in [0, 0.05) is 11.5 Å². The Morgan fingerprint density at radius 2 is 1.89 bits per heavy atom. The molecule has 6 heteroatoms. The number of hydrogen-bond acceptors (Lipinski definition) is 4. The van der Waals surface area contributed by atoms with Gasteiger partial charge in [0.1, 0.15) is 0 Å². The van der Waals surface area contributed by atoms with Crippen LogP contribution < -0.4 is 20.3 Å². The lowest BCUT2D eigenvalue weighted by molar-refractivity contribution is -0.124. The van der Waals surface area contributed by atoms with Crippen LogP contribution in [0.3, 0.4) is 0 Å². The molecule has 0 aromatic heterocycles. The van der Waals surface area contributed by atoms with Crippen molar-refractivity contribution in [1.29, 1.82) is 0 Å². The number of hydrazine groups is 1. The molecule has 2 rings (SSSR count). The molecule has 0 bridgehead atoms. The van der Waals surface area contributed by atoms with Crippen molar-refractivity contribution < 1.29 is 19.1 Å². The molecule has 0 atom stereocenters. The Hall–Kier alpha value is -2.24. The Labute approximate surface area is 104 Å². The van der Waals surface area contributed by atoms with Gasteiger partial charge in [0.15, 0.2) is 11.5 Å². The van der Waals surface area contributed by atoms with E-state index in [1.54, 1.807) is 32.0 Å². The van der Waals surface area contributed by atoms with Gasteiger partial charge in [-0.1, -0.05) is 13.8 Å². The molecule has 0 unspecified atom stereocenters. The normalized spacial score (nSPS) is 12.4. The molecule has 1 heterocycles. The van der Waals surface area contributed by atoms with Crippen molar-refractivity contribution in [3.05, 3.63) is 23.8 Å². The number of fused-ring (bicyclic) bond motifs is 1. The zero-order valence-electron chi connectivity index (χ0n) is 10.1. The van der Waals surface area contributed by atoms with Crippen LogP contribution in [0.25, 0.3) is 0 Å². The van der Waals surface area contributed by atoms with Gasteiger partial charge in [0.05, 0.1) is 0 Å². The SMILES string of the molecule is CC(C)C(=O)NNC(=O)c1ccc2c(c1)OCO2. The summed E-state index contributed by atoms with van der Waals surface area (Å²) in [7, 11) is 0. The van der Waals surface area contributed by atoms with Crippen molar-refractivity contribution >= 4 is 11.8 Å². The van der Waals surface area contributed by atoms with Gasteiger partial charge in [-0.2, -0.15) is 0 Å². The van der Waals surface area contributed by atoms with Gasteiger partial charge in [-0.25, -0.2) is 0 Å². The minimum absolute atomic E-state index is 0.157. The summed E-state index contributed by atoms with van der Waals surface area (Å²) in [6.07, 6.45) is 0. The second-order valence-corrected chi connectivity index (χ2v) is 4.17. The molecule has 0 radical (unpaired) electrons. The minimum atomic E-state index is -0.401. The maximum absolute atomic E-state index is 11.7. The number of carbonyl (C=O) groups is 2. The Morgan fingerprint density at radius 1 is 1.17 bits per heavy atom. The fraction of sp³-hybridized carbons (Fsp3) is 0.333. The van der Waals surface area contributed by atoms with Crippen molar-refractivity contribution in [1.82, 2.24) is 10.9 Å². The summed E-state index contributed by atoms with van der Waals surface area (Å²) < 4.78 is 10.3. The van der Waals surface area contributed by atoms with E-state index in [4.69, 9.17) is 9.47 Å². The maximum atomic E-state index is 11.7. The molecular weight excluding hydrogens is 236 g/mol. The van der Waals surface area contributed by atoms with E-state index in [-0.39, 0.29) is 18.6 Å². The topological polar surface area (TPSA) is 76.7 Å². The Morgan fingerprint density at radius 3 is 2.61 bits per heavy atom. The highest BCUT2D eigenvalue weighted by Gasteiger charge is 2.16. The van der Waals surface area contributed by atoms with Crippen LogP contribution in [0.5, 0.6) is 11.5 Å². The predicted molar refractivity (Wildman–Crippen MR) is 63.0 cm³/mol. The minimum Gasteiger partial charge on any atom is -0.454 e. The van der Waals surface area contributed by atoms with Crippen LogP contribution in [0, 0.1) is 5.92 Å². The monoisotopic (exact) mass is 250 g/mol. The van der Waals surface area contributed by atoms with Crippen LogP contribution in [0.15, 0.2) is 18.2 Å². The molecule has 0 spiro atoms. The van der Waals surface area contributed by atoms with Crippen LogP contribution in [-0.2, 0) is 4.79 Å². The highest BCUT2D eigenvalue weighted by atomic mass is 16.7. The molecule has 1 aromatic carbocycles. The lowest BCUT2D eigenvalue weighted by Crippen LogP contribution is -2.43. The smallest absolute Gasteiger partial charge is 0.269 e. The van der Waals surface area contributed by atoms with Crippen molar-refractivity contribution in [2.75, 3.05) is 6.79 Å². The van der Waals surface area contributed by atoms with E-state index >= 15 is 0 Å². The van der Waals surface area contributed by atoms with Crippen molar-refractivity contribution in [2.24, 2.45) is 5.92 Å². The first kappa shape index (κ1) is 12.2. The summed E-state index contributed by atoms with van der Waals surface area (Å²) in [5.41, 5.74) is 5.07. The number of ether oxygens (including phenoxy) is 2. The van der Waals surface area contributed by atoms with Crippen LogP contribution in [-0.4, -0.2) is 18.6 Å². The van der Waals surface area contributed by atoms with E-state index in [1.807, 2.05) is 0 Å². The number of nitrogens with one attached hydrogen (secondary N) is 2. The average Bonchev–Trinajstić information content (AvgIpc) is 2.82. The third kappa shape index (κ3) is 2.53. The number of amides is 2. The van der Waals surface area contributed by atoms with E-state index in [9.17, 15) is 9.59 Å². The molecule has 18 heavy (non-hydrogen) atoms. The van der Waals surface area contributed by atoms with Gasteiger partial charge in [-0.15, -0.1) is 0 Å². The molecule has 2 N–H and O–H groups in total. The van der Waals surface area contributed by atoms with Gasteiger partial charge in [0.2, 0.25) is 12.7 Å². The molecule has 1 aromatic rings. The first-order valence-corrected chi connectivity index (χ1v) is 5.58. The van der Waals surface area contributed by atoms with Gasteiger partial charge in [-0.05, 0) is 18.2 Å². The van der Waals surface area contributed by atoms with E-state index in [2.05, 4.69) is 10.9 Å².